The molecule has 0 aliphatic rings. The number of anilines is 3. The van der Waals surface area contributed by atoms with Crippen LogP contribution in [0.5, 0.6) is 0 Å². The second-order valence-corrected chi connectivity index (χ2v) is 4.48. The smallest absolute Gasteiger partial charge is 0.340 e. The minimum atomic E-state index is -0.380. The van der Waals surface area contributed by atoms with Crippen LogP contribution in [0.2, 0.25) is 0 Å². The molecule has 2 aromatic carbocycles. The standard InChI is InChI=1S/C16H18N2O2/c1-3-20-16(19)13-8-5-9-14(17)15(13)18-12-7-4-6-11(2)10-12/h4-10,18H,3,17H2,1-2H3. The summed E-state index contributed by atoms with van der Waals surface area (Å²) in [6.07, 6.45) is 0. The Morgan fingerprint density at radius 2 is 2.00 bits per heavy atom. The number of hydrogen-bond donors (Lipinski definition) is 2. The zero-order chi connectivity index (χ0) is 14.5. The van der Waals surface area contributed by atoms with Crippen molar-refractivity contribution in [3.63, 3.8) is 0 Å². The van der Waals surface area contributed by atoms with E-state index < -0.39 is 0 Å². The van der Waals surface area contributed by atoms with E-state index >= 15 is 0 Å². The van der Waals surface area contributed by atoms with Crippen molar-refractivity contribution >= 4 is 23.0 Å². The Morgan fingerprint density at radius 1 is 1.25 bits per heavy atom. The molecular weight excluding hydrogens is 252 g/mol. The van der Waals surface area contributed by atoms with Crippen LogP contribution in [-0.4, -0.2) is 12.6 Å². The van der Waals surface area contributed by atoms with Crippen LogP contribution in [0, 0.1) is 6.92 Å². The molecule has 0 unspecified atom stereocenters. The number of hydrogen-bond acceptors (Lipinski definition) is 4. The molecule has 0 aliphatic carbocycles. The predicted molar refractivity (Wildman–Crippen MR) is 81.3 cm³/mol. The first-order valence-electron chi connectivity index (χ1n) is 6.51. The van der Waals surface area contributed by atoms with E-state index in [2.05, 4.69) is 5.32 Å². The first-order chi connectivity index (χ1) is 9.61. The maximum absolute atomic E-state index is 12.0. The summed E-state index contributed by atoms with van der Waals surface area (Å²) in [7, 11) is 0. The molecule has 104 valence electrons. The van der Waals surface area contributed by atoms with Crippen molar-refractivity contribution in [3.8, 4) is 0 Å². The molecule has 2 aromatic rings. The Hall–Kier alpha value is -2.49. The van der Waals surface area contributed by atoms with E-state index in [9.17, 15) is 4.79 Å². The minimum Gasteiger partial charge on any atom is -0.462 e. The SMILES string of the molecule is CCOC(=O)c1cccc(N)c1Nc1cccc(C)c1. The van der Waals surface area contributed by atoms with Gasteiger partial charge in [0.15, 0.2) is 0 Å². The zero-order valence-electron chi connectivity index (χ0n) is 11.6. The topological polar surface area (TPSA) is 64.3 Å². The molecule has 4 heteroatoms. The van der Waals surface area contributed by atoms with Crippen LogP contribution in [0.1, 0.15) is 22.8 Å². The van der Waals surface area contributed by atoms with Gasteiger partial charge in [-0.3, -0.25) is 0 Å². The highest BCUT2D eigenvalue weighted by Crippen LogP contribution is 2.28. The van der Waals surface area contributed by atoms with Gasteiger partial charge in [0.2, 0.25) is 0 Å². The normalized spacial score (nSPS) is 10.1. The number of esters is 1. The maximum atomic E-state index is 12.0. The number of ether oxygens (including phenoxy) is 1. The van der Waals surface area contributed by atoms with Crippen LogP contribution in [-0.2, 0) is 4.74 Å². The molecule has 4 nitrogen and oxygen atoms in total. The molecule has 0 fully saturated rings. The lowest BCUT2D eigenvalue weighted by molar-refractivity contribution is 0.0527. The van der Waals surface area contributed by atoms with Gasteiger partial charge in [0, 0.05) is 5.69 Å². The van der Waals surface area contributed by atoms with E-state index in [4.69, 9.17) is 10.5 Å². The molecule has 0 amide bonds. The third kappa shape index (κ3) is 3.09. The molecule has 2 rings (SSSR count). The van der Waals surface area contributed by atoms with Gasteiger partial charge in [-0.15, -0.1) is 0 Å². The van der Waals surface area contributed by atoms with Crippen molar-refractivity contribution in [2.45, 2.75) is 13.8 Å². The third-order valence-electron chi connectivity index (χ3n) is 2.88. The van der Waals surface area contributed by atoms with Crippen molar-refractivity contribution < 1.29 is 9.53 Å². The fraction of sp³-hybridized carbons (Fsp3) is 0.188. The fourth-order valence-electron chi connectivity index (χ4n) is 1.96. The van der Waals surface area contributed by atoms with E-state index in [1.54, 1.807) is 25.1 Å². The summed E-state index contributed by atoms with van der Waals surface area (Å²) < 4.78 is 5.05. The Labute approximate surface area is 118 Å². The monoisotopic (exact) mass is 270 g/mol. The Balaban J connectivity index is 2.37. The van der Waals surface area contributed by atoms with Crippen molar-refractivity contribution in [1.82, 2.24) is 0 Å². The van der Waals surface area contributed by atoms with Gasteiger partial charge in [-0.1, -0.05) is 18.2 Å². The lowest BCUT2D eigenvalue weighted by atomic mass is 10.1. The molecule has 0 spiro atoms. The molecule has 0 bridgehead atoms. The summed E-state index contributed by atoms with van der Waals surface area (Å²) in [5, 5.41) is 3.20. The van der Waals surface area contributed by atoms with E-state index in [-0.39, 0.29) is 5.97 Å². The number of benzene rings is 2. The van der Waals surface area contributed by atoms with Crippen LogP contribution in [0.25, 0.3) is 0 Å². The van der Waals surface area contributed by atoms with Crippen LogP contribution in [0.3, 0.4) is 0 Å². The minimum absolute atomic E-state index is 0.331. The molecular formula is C16H18N2O2. The zero-order valence-corrected chi connectivity index (χ0v) is 11.6. The summed E-state index contributed by atoms with van der Waals surface area (Å²) in [4.78, 5) is 12.0. The molecule has 3 N–H and O–H groups in total. The lowest BCUT2D eigenvalue weighted by Crippen LogP contribution is -2.09. The van der Waals surface area contributed by atoms with Crippen molar-refractivity contribution in [3.05, 3.63) is 53.6 Å². The van der Waals surface area contributed by atoms with Crippen molar-refractivity contribution in [1.29, 1.82) is 0 Å². The fourth-order valence-corrected chi connectivity index (χ4v) is 1.96. The first-order valence-corrected chi connectivity index (χ1v) is 6.51. The van der Waals surface area contributed by atoms with Gasteiger partial charge in [0.05, 0.1) is 23.5 Å². The van der Waals surface area contributed by atoms with Gasteiger partial charge < -0.3 is 15.8 Å². The van der Waals surface area contributed by atoms with Crippen molar-refractivity contribution in [2.75, 3.05) is 17.7 Å². The molecule has 0 aliphatic heterocycles. The molecule has 0 atom stereocenters. The largest absolute Gasteiger partial charge is 0.462 e. The van der Waals surface area contributed by atoms with E-state index in [1.165, 1.54) is 0 Å². The number of carbonyl (C=O) groups excluding carboxylic acids is 1. The van der Waals surface area contributed by atoms with Crippen LogP contribution < -0.4 is 11.1 Å². The van der Waals surface area contributed by atoms with Gasteiger partial charge >= 0.3 is 5.97 Å². The van der Waals surface area contributed by atoms with Crippen LogP contribution >= 0.6 is 0 Å². The predicted octanol–water partition coefficient (Wildman–Crippen LogP) is 3.50. The number of nitrogen functional groups attached to an aromatic ring is 1. The van der Waals surface area contributed by atoms with E-state index in [0.29, 0.717) is 23.5 Å². The number of aryl methyl sites for hydroxylation is 1. The average Bonchev–Trinajstić information content (AvgIpc) is 2.41. The van der Waals surface area contributed by atoms with Gasteiger partial charge in [-0.25, -0.2) is 4.79 Å². The molecule has 0 heterocycles. The Bertz CT molecular complexity index is 624. The highest BCUT2D eigenvalue weighted by atomic mass is 16.5. The number of carbonyl (C=O) groups is 1. The highest BCUT2D eigenvalue weighted by Gasteiger charge is 2.14. The average molecular weight is 270 g/mol. The second-order valence-electron chi connectivity index (χ2n) is 4.48. The second kappa shape index (κ2) is 6.10. The summed E-state index contributed by atoms with van der Waals surface area (Å²) in [5.41, 5.74) is 9.51. The van der Waals surface area contributed by atoms with Crippen LogP contribution in [0.15, 0.2) is 42.5 Å². The van der Waals surface area contributed by atoms with Gasteiger partial charge in [0.1, 0.15) is 0 Å². The molecule has 0 aromatic heterocycles. The number of nitrogens with two attached hydrogens (primary N) is 1. The number of rotatable bonds is 4. The number of nitrogens with one attached hydrogen (secondary N) is 1. The Morgan fingerprint density at radius 3 is 2.70 bits per heavy atom. The van der Waals surface area contributed by atoms with E-state index in [0.717, 1.165) is 11.3 Å². The summed E-state index contributed by atoms with van der Waals surface area (Å²) in [6.45, 7) is 4.11. The van der Waals surface area contributed by atoms with Gasteiger partial charge in [-0.2, -0.15) is 0 Å². The van der Waals surface area contributed by atoms with Crippen LogP contribution in [0.4, 0.5) is 17.1 Å². The van der Waals surface area contributed by atoms with E-state index in [1.807, 2.05) is 31.2 Å². The summed E-state index contributed by atoms with van der Waals surface area (Å²) in [6, 6.07) is 13.1. The number of para-hydroxylation sites is 1. The Kier molecular flexibility index (Phi) is 4.25. The molecule has 20 heavy (non-hydrogen) atoms. The molecule has 0 radical (unpaired) electrons. The molecule has 0 saturated carbocycles. The summed E-state index contributed by atoms with van der Waals surface area (Å²) >= 11 is 0. The highest BCUT2D eigenvalue weighted by molar-refractivity contribution is 5.99. The molecule has 0 saturated heterocycles. The lowest BCUT2D eigenvalue weighted by Gasteiger charge is -2.14. The van der Waals surface area contributed by atoms with Gasteiger partial charge in [-0.05, 0) is 43.7 Å². The summed E-state index contributed by atoms with van der Waals surface area (Å²) in [5.74, 6) is -0.380. The van der Waals surface area contributed by atoms with Crippen molar-refractivity contribution in [2.24, 2.45) is 0 Å². The van der Waals surface area contributed by atoms with Gasteiger partial charge in [0.25, 0.3) is 0 Å². The third-order valence-corrected chi connectivity index (χ3v) is 2.88. The first kappa shape index (κ1) is 13.9. The maximum Gasteiger partial charge on any atom is 0.340 e. The quantitative estimate of drug-likeness (QED) is 0.659.